The van der Waals surface area contributed by atoms with Gasteiger partial charge in [0, 0.05) is 19.7 Å². The molecule has 0 saturated carbocycles. The molecule has 0 fully saturated rings. The fourth-order valence-corrected chi connectivity index (χ4v) is 1.88. The number of benzene rings is 1. The molecule has 22 heavy (non-hydrogen) atoms. The van der Waals surface area contributed by atoms with Crippen molar-refractivity contribution < 1.29 is 22.4 Å². The predicted octanol–water partition coefficient (Wildman–Crippen LogP) is 3.54. The smallest absolute Gasteiger partial charge is 0.362 e. The first-order valence-corrected chi connectivity index (χ1v) is 6.26. The molecule has 0 unspecified atom stereocenters. The topological polar surface area (TPSA) is 33.2 Å². The third kappa shape index (κ3) is 3.24. The lowest BCUT2D eigenvalue weighted by molar-refractivity contribution is -0.141. The van der Waals surface area contributed by atoms with E-state index < -0.39 is 23.5 Å². The number of pyridine rings is 1. The Morgan fingerprint density at radius 3 is 2.14 bits per heavy atom. The first-order valence-electron chi connectivity index (χ1n) is 6.26. The molecule has 0 radical (unpaired) electrons. The van der Waals surface area contributed by atoms with Gasteiger partial charge < -0.3 is 4.90 Å². The second kappa shape index (κ2) is 5.75. The summed E-state index contributed by atoms with van der Waals surface area (Å²) in [6.45, 7) is 0. The number of rotatable bonds is 3. The average molecular weight is 312 g/mol. The maximum absolute atomic E-state index is 12.9. The lowest BCUT2D eigenvalue weighted by atomic mass is 10.0. The standard InChI is InChI=1S/C15H12F4N2O/c1-21(2)14-11(7-8-12(20-14)15(17,18)19)13(22)9-3-5-10(16)6-4-9/h3-8H,1-2H3. The van der Waals surface area contributed by atoms with Gasteiger partial charge in [-0.2, -0.15) is 13.2 Å². The number of aromatic nitrogens is 1. The van der Waals surface area contributed by atoms with E-state index in [9.17, 15) is 22.4 Å². The fraction of sp³-hybridized carbons (Fsp3) is 0.200. The van der Waals surface area contributed by atoms with Gasteiger partial charge >= 0.3 is 6.18 Å². The number of ketones is 1. The summed E-state index contributed by atoms with van der Waals surface area (Å²) in [5.41, 5.74) is -0.887. The minimum absolute atomic E-state index is 0.0182. The van der Waals surface area contributed by atoms with Gasteiger partial charge in [-0.1, -0.05) is 0 Å². The van der Waals surface area contributed by atoms with Gasteiger partial charge in [-0.05, 0) is 36.4 Å². The van der Waals surface area contributed by atoms with Gasteiger partial charge in [0.05, 0.1) is 5.56 Å². The van der Waals surface area contributed by atoms with E-state index in [4.69, 9.17) is 0 Å². The van der Waals surface area contributed by atoms with Crippen LogP contribution in [-0.4, -0.2) is 24.9 Å². The van der Waals surface area contributed by atoms with Gasteiger partial charge in [0.1, 0.15) is 17.3 Å². The highest BCUT2D eigenvalue weighted by atomic mass is 19.4. The Labute approximate surface area is 124 Å². The predicted molar refractivity (Wildman–Crippen MR) is 73.4 cm³/mol. The molecule has 0 N–H and O–H groups in total. The van der Waals surface area contributed by atoms with Crippen molar-refractivity contribution in [1.82, 2.24) is 4.98 Å². The molecule has 0 spiro atoms. The zero-order valence-corrected chi connectivity index (χ0v) is 11.8. The lowest BCUT2D eigenvalue weighted by Crippen LogP contribution is -2.19. The van der Waals surface area contributed by atoms with E-state index in [-0.39, 0.29) is 16.9 Å². The van der Waals surface area contributed by atoms with Crippen LogP contribution < -0.4 is 4.90 Å². The molecule has 7 heteroatoms. The van der Waals surface area contributed by atoms with E-state index in [0.717, 1.165) is 24.3 Å². The Kier molecular flexibility index (Phi) is 4.16. The Morgan fingerprint density at radius 2 is 1.64 bits per heavy atom. The van der Waals surface area contributed by atoms with E-state index in [1.165, 1.54) is 31.1 Å². The number of hydrogen-bond acceptors (Lipinski definition) is 3. The molecule has 116 valence electrons. The summed E-state index contributed by atoms with van der Waals surface area (Å²) >= 11 is 0. The van der Waals surface area contributed by atoms with Crippen LogP contribution in [0.5, 0.6) is 0 Å². The van der Waals surface area contributed by atoms with Gasteiger partial charge in [-0.15, -0.1) is 0 Å². The van der Waals surface area contributed by atoms with Gasteiger partial charge in [-0.3, -0.25) is 4.79 Å². The van der Waals surface area contributed by atoms with Crippen molar-refractivity contribution in [2.75, 3.05) is 19.0 Å². The average Bonchev–Trinajstić information content (AvgIpc) is 2.45. The SMILES string of the molecule is CN(C)c1nc(C(F)(F)F)ccc1C(=O)c1ccc(F)cc1. The van der Waals surface area contributed by atoms with Crippen LogP contribution in [0, 0.1) is 5.82 Å². The summed E-state index contributed by atoms with van der Waals surface area (Å²) in [4.78, 5) is 17.2. The molecule has 0 aliphatic heterocycles. The molecule has 0 atom stereocenters. The summed E-state index contributed by atoms with van der Waals surface area (Å²) in [6, 6.07) is 6.60. The Balaban J connectivity index is 2.50. The van der Waals surface area contributed by atoms with Crippen LogP contribution >= 0.6 is 0 Å². The number of carbonyl (C=O) groups excluding carboxylic acids is 1. The number of alkyl halides is 3. The molecule has 1 heterocycles. The number of halogens is 4. The number of anilines is 1. The highest BCUT2D eigenvalue weighted by Gasteiger charge is 2.33. The van der Waals surface area contributed by atoms with Crippen molar-refractivity contribution in [2.45, 2.75) is 6.18 Å². The molecule has 0 saturated heterocycles. The van der Waals surface area contributed by atoms with Crippen molar-refractivity contribution in [3.05, 3.63) is 59.0 Å². The van der Waals surface area contributed by atoms with Crippen LogP contribution in [0.3, 0.4) is 0 Å². The maximum Gasteiger partial charge on any atom is 0.433 e. The number of nitrogens with zero attached hydrogens (tertiary/aromatic N) is 2. The lowest BCUT2D eigenvalue weighted by Gasteiger charge is -2.17. The highest BCUT2D eigenvalue weighted by molar-refractivity contribution is 6.11. The third-order valence-corrected chi connectivity index (χ3v) is 2.94. The van der Waals surface area contributed by atoms with Crippen LogP contribution in [0.25, 0.3) is 0 Å². The first kappa shape index (κ1) is 15.9. The van der Waals surface area contributed by atoms with E-state index in [2.05, 4.69) is 4.98 Å². The zero-order valence-electron chi connectivity index (χ0n) is 11.8. The summed E-state index contributed by atoms with van der Waals surface area (Å²) in [5, 5.41) is 0. The summed E-state index contributed by atoms with van der Waals surface area (Å²) < 4.78 is 51.1. The van der Waals surface area contributed by atoms with Gasteiger partial charge in [-0.25, -0.2) is 9.37 Å². The van der Waals surface area contributed by atoms with Crippen LogP contribution in [-0.2, 0) is 6.18 Å². The molecular formula is C15H12F4N2O. The molecular weight excluding hydrogens is 300 g/mol. The molecule has 0 aliphatic rings. The van der Waals surface area contributed by atoms with Crippen LogP contribution in [0.4, 0.5) is 23.4 Å². The normalized spacial score (nSPS) is 11.4. The Hall–Kier alpha value is -2.44. The molecule has 1 aromatic heterocycles. The Bertz CT molecular complexity index is 694. The zero-order chi connectivity index (χ0) is 16.5. The largest absolute Gasteiger partial charge is 0.433 e. The molecule has 0 bridgehead atoms. The molecule has 2 aromatic rings. The molecule has 3 nitrogen and oxygen atoms in total. The monoisotopic (exact) mass is 312 g/mol. The third-order valence-electron chi connectivity index (χ3n) is 2.94. The molecule has 2 rings (SSSR count). The molecule has 0 amide bonds. The quantitative estimate of drug-likeness (QED) is 0.642. The number of carbonyl (C=O) groups is 1. The molecule has 1 aromatic carbocycles. The van der Waals surface area contributed by atoms with Crippen molar-refractivity contribution in [3.8, 4) is 0 Å². The fourth-order valence-electron chi connectivity index (χ4n) is 1.88. The van der Waals surface area contributed by atoms with Crippen molar-refractivity contribution in [2.24, 2.45) is 0 Å². The minimum Gasteiger partial charge on any atom is -0.362 e. The second-order valence-corrected chi connectivity index (χ2v) is 4.80. The summed E-state index contributed by atoms with van der Waals surface area (Å²) in [5.74, 6) is -1.12. The Morgan fingerprint density at radius 1 is 1.05 bits per heavy atom. The van der Waals surface area contributed by atoms with E-state index >= 15 is 0 Å². The van der Waals surface area contributed by atoms with E-state index in [1.807, 2.05) is 0 Å². The maximum atomic E-state index is 12.9. The van der Waals surface area contributed by atoms with Crippen LogP contribution in [0.15, 0.2) is 36.4 Å². The van der Waals surface area contributed by atoms with Crippen molar-refractivity contribution >= 4 is 11.6 Å². The second-order valence-electron chi connectivity index (χ2n) is 4.80. The van der Waals surface area contributed by atoms with E-state index in [1.54, 1.807) is 0 Å². The summed E-state index contributed by atoms with van der Waals surface area (Å²) in [6.07, 6.45) is -4.60. The van der Waals surface area contributed by atoms with Crippen LogP contribution in [0.1, 0.15) is 21.6 Å². The highest BCUT2D eigenvalue weighted by Crippen LogP contribution is 2.30. The first-order chi connectivity index (χ1) is 10.2. The minimum atomic E-state index is -4.60. The van der Waals surface area contributed by atoms with Gasteiger partial charge in [0.25, 0.3) is 0 Å². The van der Waals surface area contributed by atoms with Gasteiger partial charge in [0.2, 0.25) is 0 Å². The van der Waals surface area contributed by atoms with Crippen LogP contribution in [0.2, 0.25) is 0 Å². The number of hydrogen-bond donors (Lipinski definition) is 0. The molecule has 0 aliphatic carbocycles. The van der Waals surface area contributed by atoms with Gasteiger partial charge in [0.15, 0.2) is 5.78 Å². The van der Waals surface area contributed by atoms with Crippen molar-refractivity contribution in [3.63, 3.8) is 0 Å². The summed E-state index contributed by atoms with van der Waals surface area (Å²) in [7, 11) is 2.98. The van der Waals surface area contributed by atoms with Crippen molar-refractivity contribution in [1.29, 1.82) is 0 Å². The van der Waals surface area contributed by atoms with E-state index in [0.29, 0.717) is 0 Å².